The van der Waals surface area contributed by atoms with Crippen LogP contribution in [0.25, 0.3) is 0 Å². The Balaban J connectivity index is 0.979. The molecule has 5 N–H and O–H groups in total. The van der Waals surface area contributed by atoms with Crippen molar-refractivity contribution < 1.29 is 196 Å². The lowest BCUT2D eigenvalue weighted by Crippen LogP contribution is -2.66. The maximum absolute atomic E-state index is 13.9. The molecule has 3 aliphatic heterocycles. The molecule has 0 aromatic carbocycles. The molecular weight excluding hydrogens is 2000 g/mol. The fraction of sp³-hybridized carbons (Fsp3) is 0.725. The molecule has 7 heterocycles. The van der Waals surface area contributed by atoms with Gasteiger partial charge in [0.25, 0.3) is 0 Å². The molecule has 1 unspecified atom stereocenters. The second kappa shape index (κ2) is 62.6. The van der Waals surface area contributed by atoms with Gasteiger partial charge in [-0.25, -0.2) is 18.7 Å². The monoisotopic (exact) mass is 2140 g/mol. The minimum atomic E-state index is -1.37. The highest BCUT2D eigenvalue weighted by Crippen LogP contribution is 2.36. The van der Waals surface area contributed by atoms with E-state index in [2.05, 4.69) is 62.5 Å². The fourth-order valence-corrected chi connectivity index (χ4v) is 16.8. The number of esters is 12. The average Bonchev–Trinajstić information content (AvgIpc) is 1.06. The molecule has 1 aliphatic carbocycles. The van der Waals surface area contributed by atoms with E-state index in [1.165, 1.54) is 53.3 Å². The van der Waals surface area contributed by atoms with Gasteiger partial charge in [-0.1, -0.05) is 27.3 Å². The van der Waals surface area contributed by atoms with Gasteiger partial charge in [0.2, 0.25) is 23.6 Å². The van der Waals surface area contributed by atoms with E-state index in [4.69, 9.17) is 109 Å². The first-order chi connectivity index (χ1) is 71.3. The van der Waals surface area contributed by atoms with Crippen LogP contribution in [0.3, 0.4) is 0 Å². The predicted octanol–water partition coefficient (Wildman–Crippen LogP) is -3.20. The lowest BCUT2D eigenvalue weighted by atomic mass is 9.79. The van der Waals surface area contributed by atoms with E-state index in [1.807, 2.05) is 4.90 Å². The summed E-state index contributed by atoms with van der Waals surface area (Å²) in [5.41, 5.74) is 1.65. The smallest absolute Gasteiger partial charge is 0.320 e. The zero-order valence-corrected chi connectivity index (χ0v) is 86.5. The van der Waals surface area contributed by atoms with Crippen molar-refractivity contribution >= 4 is 101 Å². The number of aliphatic carboxylic acids is 1. The summed E-state index contributed by atoms with van der Waals surface area (Å²) in [6, 6.07) is -5.92. The first-order valence-corrected chi connectivity index (χ1v) is 48.3. The molecule has 836 valence electrons. The maximum atomic E-state index is 13.9. The van der Waals surface area contributed by atoms with E-state index in [-0.39, 0.29) is 151 Å². The molecule has 0 bridgehead atoms. The summed E-state index contributed by atoms with van der Waals surface area (Å²) in [7, 11) is 0. The number of aromatic nitrogens is 12. The van der Waals surface area contributed by atoms with Crippen molar-refractivity contribution in [1.82, 2.24) is 91.0 Å². The number of carboxylic acid groups (broad SMARTS) is 1. The number of carboxylic acids is 1. The first-order valence-electron chi connectivity index (χ1n) is 48.3. The Morgan fingerprint density at radius 1 is 0.333 bits per heavy atom. The van der Waals surface area contributed by atoms with Gasteiger partial charge in [-0.15, -0.1) is 20.4 Å². The number of unbranched alkanes of at least 4 members (excludes halogenated alkanes) is 1. The summed E-state index contributed by atoms with van der Waals surface area (Å²) in [6.07, 6.45) is -11.7. The zero-order valence-electron chi connectivity index (χ0n) is 86.5. The van der Waals surface area contributed by atoms with Gasteiger partial charge in [0, 0.05) is 168 Å². The Morgan fingerprint density at radius 3 is 0.900 bits per heavy atom. The highest BCUT2D eigenvalue weighted by atomic mass is 16.7. The third kappa shape index (κ3) is 42.8. The lowest BCUT2D eigenvalue weighted by molar-refractivity contribution is -0.279. The topological polar surface area (TPSA) is 700 Å². The van der Waals surface area contributed by atoms with E-state index < -0.39 is 249 Å². The number of rotatable bonds is 63. The van der Waals surface area contributed by atoms with Crippen LogP contribution in [0.4, 0.5) is 0 Å². The van der Waals surface area contributed by atoms with Gasteiger partial charge in [0.05, 0.1) is 147 Å². The normalized spacial score (nSPS) is 23.7. The highest BCUT2D eigenvalue weighted by molar-refractivity contribution is 5.77. The standard InChI is InChI=1S/C91H136N18O41/c1-50(110)92-76-72(37-66(46-136-54(5)114)80(140-58(9)118)84(76)144-62(13)122)132-33-29-128-25-23-108-44-69(98-102-108)40-105(41-70-45-109(103-99-70)24-28-131-32-36-135-91-79(95-53(4)113)87(147-65(16)125)83(143-61(12)121)75(150-91)49-139-57(8)117)71(88(126)127)19-17-18-20-104(38-67-42-106(100-96-67)21-26-129-30-34-133-89-77(93-51(2)111)85(145-63(14)123)81(141-59(10)119)73(148-89)47-137-55(6)115)39-68-43-107(101-97-68)22-27-130-31-35-134-90-78(94-52(3)112)86(146-64(15)124)82(142-60(11)120)74(149-90)48-138-56(7)116/h42-45,66,71-87,89-91H,17-41,46-49H2,1-16H3,(H,92,110)(H,93,111)(H,94,112)(H,95,113)(H,126,127)/t66-,71?,72-,73-,74-,75-,76+,77-,78-,79-,80+,81+,82+,83+,84-,85-,86-,87-,89-,90-,91-/m1/s1. The van der Waals surface area contributed by atoms with E-state index in [0.29, 0.717) is 42.2 Å². The average molecular weight is 2140 g/mol. The molecule has 4 aromatic heterocycles. The fourth-order valence-electron chi connectivity index (χ4n) is 16.8. The van der Waals surface area contributed by atoms with Gasteiger partial charge in [0.1, 0.15) is 68.4 Å². The molecule has 0 spiro atoms. The van der Waals surface area contributed by atoms with Crippen molar-refractivity contribution in [2.45, 2.75) is 311 Å². The Labute approximate surface area is 861 Å². The van der Waals surface area contributed by atoms with Crippen molar-refractivity contribution in [3.8, 4) is 0 Å². The summed E-state index contributed by atoms with van der Waals surface area (Å²) in [6.45, 7) is 17.3. The van der Waals surface area contributed by atoms with Crippen LogP contribution < -0.4 is 21.3 Å². The van der Waals surface area contributed by atoms with E-state index in [1.54, 1.807) is 29.7 Å². The second-order valence-electron chi connectivity index (χ2n) is 35.2. The quantitative estimate of drug-likeness (QED) is 0.0165. The van der Waals surface area contributed by atoms with Crippen LogP contribution in [0.1, 0.15) is 159 Å². The number of hydrogen-bond donors (Lipinski definition) is 5. The lowest BCUT2D eigenvalue weighted by Gasteiger charge is -2.45. The molecule has 8 rings (SSSR count). The van der Waals surface area contributed by atoms with Gasteiger partial charge in [-0.2, -0.15) is 0 Å². The Hall–Kier alpha value is -13.0. The summed E-state index contributed by atoms with van der Waals surface area (Å²) < 4.78 is 138. The van der Waals surface area contributed by atoms with Crippen molar-refractivity contribution in [2.75, 3.05) is 112 Å². The molecule has 0 radical (unpaired) electrons. The molecule has 4 fully saturated rings. The van der Waals surface area contributed by atoms with Crippen LogP contribution >= 0.6 is 0 Å². The SMILES string of the molecule is CC(=O)N[C@@H]1[C@@H](OC(C)=O)[C@@H](OC(C)=O)[C@@H](COC(C)=O)C[C@H]1OCCOCCn1cc(CN(Cc2cn(CCOCCO[C@@H]3O[C@H](COC(C)=O)[C@H](OC(C)=O)[C@H](OC(C)=O)[C@H]3NC(C)=O)nn2)C(CCCCN(Cc2cn(CCOCCO[C@@H]3O[C@H](COC(C)=O)[C@H](OC(C)=O)[C@H](OC(C)=O)[C@H]3NC(C)=O)nn2)Cc2cn(CCOCCO[C@@H]3O[C@H](COC(C)=O)[C@H](OC(C)=O)[C@H](OC(C)=O)[C@H]3NC(C)=O)nn2)C(=O)O)nn1. The van der Waals surface area contributed by atoms with Gasteiger partial charge >= 0.3 is 77.6 Å². The Kier molecular flexibility index (Phi) is 51.0. The van der Waals surface area contributed by atoms with Crippen LogP contribution in [0.2, 0.25) is 0 Å². The highest BCUT2D eigenvalue weighted by Gasteiger charge is 2.56. The number of nitrogens with zero attached hydrogens (tertiary/aromatic N) is 14. The Bertz CT molecular complexity index is 4790. The Morgan fingerprint density at radius 2 is 0.607 bits per heavy atom. The van der Waals surface area contributed by atoms with E-state index in [9.17, 15) is 86.6 Å². The van der Waals surface area contributed by atoms with Crippen LogP contribution in [-0.2, 0) is 243 Å². The molecule has 4 aliphatic rings. The molecule has 150 heavy (non-hydrogen) atoms. The van der Waals surface area contributed by atoms with Crippen LogP contribution in [-0.4, -0.2) is 411 Å². The number of carbonyl (C=O) groups excluding carboxylic acids is 16. The zero-order chi connectivity index (χ0) is 110. The van der Waals surface area contributed by atoms with Crippen molar-refractivity contribution in [2.24, 2.45) is 5.92 Å². The van der Waals surface area contributed by atoms with Crippen molar-refractivity contribution in [3.05, 3.63) is 47.6 Å². The number of amides is 4. The summed E-state index contributed by atoms with van der Waals surface area (Å²) in [5, 5.41) is 57.1. The maximum Gasteiger partial charge on any atom is 0.320 e. The van der Waals surface area contributed by atoms with E-state index in [0.717, 1.165) is 76.2 Å². The van der Waals surface area contributed by atoms with Crippen molar-refractivity contribution in [3.63, 3.8) is 0 Å². The molecule has 21 atom stereocenters. The largest absolute Gasteiger partial charge is 0.480 e. The van der Waals surface area contributed by atoms with E-state index >= 15 is 0 Å². The number of nitrogens with one attached hydrogen (secondary N) is 4. The van der Waals surface area contributed by atoms with Gasteiger partial charge in [-0.3, -0.25) is 91.3 Å². The molecule has 4 aromatic rings. The number of hydrogen-bond acceptors (Lipinski definition) is 50. The number of ether oxygens (including phenoxy) is 23. The number of carbonyl (C=O) groups is 17. The second-order valence-corrected chi connectivity index (χ2v) is 35.2. The van der Waals surface area contributed by atoms with Crippen LogP contribution in [0, 0.1) is 5.92 Å². The molecule has 1 saturated carbocycles. The first kappa shape index (κ1) is 122. The van der Waals surface area contributed by atoms with Gasteiger partial charge < -0.3 is 135 Å². The minimum absolute atomic E-state index is 0.0113. The minimum Gasteiger partial charge on any atom is -0.480 e. The third-order valence-electron chi connectivity index (χ3n) is 22.5. The molecule has 3 saturated heterocycles. The van der Waals surface area contributed by atoms with Gasteiger partial charge in [-0.05, 0) is 25.8 Å². The summed E-state index contributed by atoms with van der Waals surface area (Å²) in [4.78, 5) is 215. The van der Waals surface area contributed by atoms with Gasteiger partial charge in [0.15, 0.2) is 61.6 Å². The predicted molar refractivity (Wildman–Crippen MR) is 495 cm³/mol. The molecule has 59 heteroatoms. The summed E-state index contributed by atoms with van der Waals surface area (Å²) >= 11 is 0. The third-order valence-corrected chi connectivity index (χ3v) is 22.5. The van der Waals surface area contributed by atoms with Crippen LogP contribution in [0.5, 0.6) is 0 Å². The van der Waals surface area contributed by atoms with Crippen molar-refractivity contribution in [1.29, 1.82) is 0 Å². The molecule has 59 nitrogen and oxygen atoms in total. The van der Waals surface area contributed by atoms with Crippen LogP contribution in [0.15, 0.2) is 24.8 Å². The summed E-state index contributed by atoms with van der Waals surface area (Å²) in [5.74, 6) is -13.1. The molecule has 4 amide bonds. The molecular formula is C91H136N18O41.